The van der Waals surface area contributed by atoms with E-state index in [-0.39, 0.29) is 12.0 Å². The van der Waals surface area contributed by atoms with E-state index in [2.05, 4.69) is 5.32 Å². The molecule has 0 aliphatic carbocycles. The van der Waals surface area contributed by atoms with Crippen molar-refractivity contribution in [3.05, 3.63) is 29.3 Å². The smallest absolute Gasteiger partial charge is 0.254 e. The van der Waals surface area contributed by atoms with Crippen LogP contribution in [0.25, 0.3) is 0 Å². The Balaban J connectivity index is 3.22. The lowest BCUT2D eigenvalue weighted by molar-refractivity contribution is 0.0920. The lowest BCUT2D eigenvalue weighted by Gasteiger charge is -2.21. The first-order valence-electron chi connectivity index (χ1n) is 6.40. The maximum atomic E-state index is 13.7. The summed E-state index contributed by atoms with van der Waals surface area (Å²) in [5.41, 5.74) is -0.556. The molecule has 1 unspecified atom stereocenters. The van der Waals surface area contributed by atoms with Gasteiger partial charge in [0.1, 0.15) is 16.5 Å². The zero-order valence-electron chi connectivity index (χ0n) is 12.0. The van der Waals surface area contributed by atoms with E-state index < -0.39 is 38.0 Å². The van der Waals surface area contributed by atoms with Crippen molar-refractivity contribution in [1.82, 2.24) is 5.32 Å². The van der Waals surface area contributed by atoms with Crippen molar-refractivity contribution < 1.29 is 22.0 Å². The molecular formula is C13H18F2N2O3S. The summed E-state index contributed by atoms with van der Waals surface area (Å²) in [5, 5.41) is 7.41. The van der Waals surface area contributed by atoms with Gasteiger partial charge in [-0.2, -0.15) is 0 Å². The third-order valence-electron chi connectivity index (χ3n) is 3.13. The average molecular weight is 320 g/mol. The molecular weight excluding hydrogens is 302 g/mol. The van der Waals surface area contributed by atoms with Crippen LogP contribution in [0.15, 0.2) is 17.0 Å². The lowest BCUT2D eigenvalue weighted by atomic mass is 10.0. The molecule has 3 N–H and O–H groups in total. The average Bonchev–Trinajstić information content (AvgIpc) is 2.33. The molecule has 8 heteroatoms. The van der Waals surface area contributed by atoms with Gasteiger partial charge < -0.3 is 5.32 Å². The van der Waals surface area contributed by atoms with Crippen LogP contribution in [-0.4, -0.2) is 20.4 Å². The summed E-state index contributed by atoms with van der Waals surface area (Å²) in [4.78, 5) is 11.1. The first-order chi connectivity index (χ1) is 9.57. The van der Waals surface area contributed by atoms with Crippen LogP contribution in [0.4, 0.5) is 8.78 Å². The highest BCUT2D eigenvalue weighted by Crippen LogP contribution is 2.19. The highest BCUT2D eigenvalue weighted by Gasteiger charge is 2.23. The molecule has 0 bridgehead atoms. The summed E-state index contributed by atoms with van der Waals surface area (Å²) < 4.78 is 49.5. The molecule has 5 nitrogen and oxygen atoms in total. The number of nitrogens with two attached hydrogens (primary N) is 1. The first-order valence-corrected chi connectivity index (χ1v) is 7.95. The summed E-state index contributed by atoms with van der Waals surface area (Å²) in [6, 6.07) is 0.743. The lowest BCUT2D eigenvalue weighted by Crippen LogP contribution is -2.38. The molecule has 1 amide bonds. The van der Waals surface area contributed by atoms with Crippen molar-refractivity contribution in [2.75, 3.05) is 0 Å². The number of sulfonamides is 1. The fourth-order valence-corrected chi connectivity index (χ4v) is 2.52. The number of amides is 1. The van der Waals surface area contributed by atoms with Crippen LogP contribution in [0.1, 0.15) is 37.6 Å². The molecule has 0 spiro atoms. The van der Waals surface area contributed by atoms with Gasteiger partial charge in [-0.3, -0.25) is 4.79 Å². The number of carbonyl (C=O) groups is 1. The molecule has 0 aliphatic rings. The largest absolute Gasteiger partial charge is 0.349 e. The van der Waals surface area contributed by atoms with E-state index in [1.54, 1.807) is 0 Å². The van der Waals surface area contributed by atoms with Crippen LogP contribution in [0, 0.1) is 17.6 Å². The Morgan fingerprint density at radius 3 is 2.29 bits per heavy atom. The minimum absolute atomic E-state index is 0.111. The van der Waals surface area contributed by atoms with Crippen molar-refractivity contribution in [3.8, 4) is 0 Å². The molecule has 0 fully saturated rings. The van der Waals surface area contributed by atoms with Crippen molar-refractivity contribution in [2.24, 2.45) is 11.1 Å². The van der Waals surface area contributed by atoms with Gasteiger partial charge in [0.05, 0.1) is 5.56 Å². The van der Waals surface area contributed by atoms with Gasteiger partial charge in [0.15, 0.2) is 0 Å². The Morgan fingerprint density at radius 2 is 1.86 bits per heavy atom. The molecule has 1 rings (SSSR count). The van der Waals surface area contributed by atoms with Gasteiger partial charge in [-0.1, -0.05) is 20.8 Å². The predicted octanol–water partition coefficient (Wildman–Crippen LogP) is 1.78. The van der Waals surface area contributed by atoms with Crippen LogP contribution in [0.2, 0.25) is 0 Å². The Labute approximate surface area is 122 Å². The van der Waals surface area contributed by atoms with Gasteiger partial charge in [-0.25, -0.2) is 22.3 Å². The van der Waals surface area contributed by atoms with Gasteiger partial charge in [0.2, 0.25) is 10.0 Å². The van der Waals surface area contributed by atoms with Gasteiger partial charge >= 0.3 is 0 Å². The van der Waals surface area contributed by atoms with Crippen molar-refractivity contribution >= 4 is 15.9 Å². The molecule has 0 radical (unpaired) electrons. The molecule has 1 atom stereocenters. The maximum Gasteiger partial charge on any atom is 0.254 e. The number of hydrogen-bond acceptors (Lipinski definition) is 3. The number of halogens is 2. The molecule has 0 saturated carbocycles. The zero-order valence-corrected chi connectivity index (χ0v) is 12.8. The topological polar surface area (TPSA) is 89.3 Å². The number of nitrogens with one attached hydrogen (secondary N) is 1. The fourth-order valence-electron chi connectivity index (χ4n) is 1.91. The minimum atomic E-state index is -4.38. The van der Waals surface area contributed by atoms with Crippen LogP contribution in [0.5, 0.6) is 0 Å². The standard InChI is InChI=1S/C13H18F2N2O3S/c1-4-11(7(2)3)17-13(18)8-5-12(21(16,19)20)10(15)6-9(8)14/h5-7,11H,4H2,1-3H3,(H,17,18)(H2,16,19,20). The second kappa shape index (κ2) is 6.48. The number of carbonyl (C=O) groups excluding carboxylic acids is 1. The van der Waals surface area contributed by atoms with Crippen LogP contribution in [0.3, 0.4) is 0 Å². The molecule has 1 aromatic rings. The van der Waals surface area contributed by atoms with E-state index in [1.807, 2.05) is 20.8 Å². The van der Waals surface area contributed by atoms with Crippen LogP contribution >= 0.6 is 0 Å². The van der Waals surface area contributed by atoms with Gasteiger partial charge in [0, 0.05) is 12.1 Å². The Morgan fingerprint density at radius 1 is 1.29 bits per heavy atom. The van der Waals surface area contributed by atoms with Gasteiger partial charge in [-0.15, -0.1) is 0 Å². The molecule has 0 aromatic heterocycles. The molecule has 0 heterocycles. The summed E-state index contributed by atoms with van der Waals surface area (Å²) in [5.74, 6) is -3.17. The molecule has 0 aliphatic heterocycles. The summed E-state index contributed by atoms with van der Waals surface area (Å²) in [6.45, 7) is 5.61. The third kappa shape index (κ3) is 4.21. The van der Waals surface area contributed by atoms with Gasteiger partial charge in [-0.05, 0) is 18.4 Å². The zero-order chi connectivity index (χ0) is 16.4. The third-order valence-corrected chi connectivity index (χ3v) is 4.06. The number of primary sulfonamides is 1. The normalized spacial score (nSPS) is 13.3. The van der Waals surface area contributed by atoms with E-state index in [1.165, 1.54) is 0 Å². The van der Waals surface area contributed by atoms with E-state index in [0.29, 0.717) is 18.6 Å². The maximum absolute atomic E-state index is 13.7. The summed E-state index contributed by atoms with van der Waals surface area (Å²) in [7, 11) is -4.38. The molecule has 1 aromatic carbocycles. The molecule has 21 heavy (non-hydrogen) atoms. The van der Waals surface area contributed by atoms with Gasteiger partial charge in [0.25, 0.3) is 5.91 Å². The summed E-state index contributed by atoms with van der Waals surface area (Å²) in [6.07, 6.45) is 0.619. The Bertz CT molecular complexity index is 645. The fraction of sp³-hybridized carbons (Fsp3) is 0.462. The van der Waals surface area contributed by atoms with Crippen molar-refractivity contribution in [3.63, 3.8) is 0 Å². The minimum Gasteiger partial charge on any atom is -0.349 e. The quantitative estimate of drug-likeness (QED) is 0.866. The highest BCUT2D eigenvalue weighted by atomic mass is 32.2. The number of benzene rings is 1. The van der Waals surface area contributed by atoms with E-state index in [4.69, 9.17) is 5.14 Å². The van der Waals surface area contributed by atoms with E-state index >= 15 is 0 Å². The second-order valence-electron chi connectivity index (χ2n) is 5.04. The SMILES string of the molecule is CCC(NC(=O)c1cc(S(N)(=O)=O)c(F)cc1F)C(C)C. The monoisotopic (exact) mass is 320 g/mol. The van der Waals surface area contributed by atoms with Crippen molar-refractivity contribution in [2.45, 2.75) is 38.1 Å². The summed E-state index contributed by atoms with van der Waals surface area (Å²) >= 11 is 0. The Kier molecular flexibility index (Phi) is 5.41. The number of hydrogen-bond donors (Lipinski definition) is 2. The molecule has 0 saturated heterocycles. The number of rotatable bonds is 5. The van der Waals surface area contributed by atoms with Crippen LogP contribution in [-0.2, 0) is 10.0 Å². The van der Waals surface area contributed by atoms with Crippen LogP contribution < -0.4 is 10.5 Å². The predicted molar refractivity (Wildman–Crippen MR) is 74.1 cm³/mol. The second-order valence-corrected chi connectivity index (χ2v) is 6.57. The Hall–Kier alpha value is -1.54. The first kappa shape index (κ1) is 17.5. The van der Waals surface area contributed by atoms with E-state index in [0.717, 1.165) is 0 Å². The van der Waals surface area contributed by atoms with Crippen molar-refractivity contribution in [1.29, 1.82) is 0 Å². The van der Waals surface area contributed by atoms with E-state index in [9.17, 15) is 22.0 Å². The highest BCUT2D eigenvalue weighted by molar-refractivity contribution is 7.89. The molecule has 118 valence electrons.